The molecule has 0 spiro atoms. The summed E-state index contributed by atoms with van der Waals surface area (Å²) in [4.78, 5) is 2.59. The van der Waals surface area contributed by atoms with Crippen molar-refractivity contribution in [2.45, 2.75) is 25.0 Å². The molecule has 0 aliphatic carbocycles. The molecule has 0 aromatic heterocycles. The predicted octanol–water partition coefficient (Wildman–Crippen LogP) is 1.24. The minimum Gasteiger partial charge on any atom is -0.497 e. The van der Waals surface area contributed by atoms with Crippen molar-refractivity contribution in [1.29, 1.82) is 0 Å². The maximum Gasteiger partial charge on any atom is 0.118 e. The van der Waals surface area contributed by atoms with E-state index in [1.807, 2.05) is 12.1 Å². The minimum atomic E-state index is 0.739. The number of nitrogens with zero attached hydrogens (tertiary/aromatic N) is 1. The van der Waals surface area contributed by atoms with Crippen LogP contribution in [0.3, 0.4) is 0 Å². The lowest BCUT2D eigenvalue weighted by Gasteiger charge is -2.27. The van der Waals surface area contributed by atoms with Gasteiger partial charge >= 0.3 is 0 Å². The Bertz CT molecular complexity index is 363. The average Bonchev–Trinajstić information content (AvgIpc) is 2.92. The van der Waals surface area contributed by atoms with Gasteiger partial charge in [0.1, 0.15) is 5.75 Å². The van der Waals surface area contributed by atoms with E-state index in [1.54, 1.807) is 7.11 Å². The number of likely N-dealkylation sites (tertiary alicyclic amines) is 1. The first-order valence-corrected chi connectivity index (χ1v) is 5.95. The largest absolute Gasteiger partial charge is 0.497 e. The van der Waals surface area contributed by atoms with Crippen LogP contribution in [-0.2, 0) is 6.54 Å². The summed E-state index contributed by atoms with van der Waals surface area (Å²) in [5.74, 6) is 0.938. The van der Waals surface area contributed by atoms with Gasteiger partial charge in [-0.1, -0.05) is 12.1 Å². The third-order valence-electron chi connectivity index (χ3n) is 3.71. The molecule has 2 bridgehead atoms. The van der Waals surface area contributed by atoms with E-state index in [2.05, 4.69) is 22.3 Å². The second-order valence-electron chi connectivity index (χ2n) is 4.77. The van der Waals surface area contributed by atoms with Gasteiger partial charge < -0.3 is 10.1 Å². The Morgan fingerprint density at radius 3 is 2.75 bits per heavy atom. The van der Waals surface area contributed by atoms with Crippen molar-refractivity contribution in [3.8, 4) is 5.75 Å². The zero-order valence-corrected chi connectivity index (χ0v) is 9.65. The summed E-state index contributed by atoms with van der Waals surface area (Å²) in [6.07, 6.45) is 1.33. The van der Waals surface area contributed by atoms with E-state index in [-0.39, 0.29) is 0 Å². The van der Waals surface area contributed by atoms with Crippen LogP contribution in [0.25, 0.3) is 0 Å². The Morgan fingerprint density at radius 2 is 2.19 bits per heavy atom. The molecular formula is C13H18N2O. The van der Waals surface area contributed by atoms with E-state index >= 15 is 0 Å². The van der Waals surface area contributed by atoms with Gasteiger partial charge in [-0.25, -0.2) is 0 Å². The van der Waals surface area contributed by atoms with Crippen molar-refractivity contribution in [2.75, 3.05) is 20.2 Å². The van der Waals surface area contributed by atoms with Crippen LogP contribution in [-0.4, -0.2) is 37.2 Å². The van der Waals surface area contributed by atoms with Crippen LogP contribution in [0.2, 0.25) is 0 Å². The summed E-state index contributed by atoms with van der Waals surface area (Å²) in [6.45, 7) is 3.45. The third kappa shape index (κ3) is 1.81. The van der Waals surface area contributed by atoms with E-state index in [9.17, 15) is 0 Å². The van der Waals surface area contributed by atoms with Gasteiger partial charge in [0.05, 0.1) is 7.11 Å². The maximum absolute atomic E-state index is 5.16. The molecule has 1 N–H and O–H groups in total. The number of rotatable bonds is 3. The number of nitrogens with one attached hydrogen (secondary N) is 1. The van der Waals surface area contributed by atoms with Gasteiger partial charge in [0.2, 0.25) is 0 Å². The average molecular weight is 218 g/mol. The van der Waals surface area contributed by atoms with Crippen LogP contribution in [0.4, 0.5) is 0 Å². The zero-order valence-electron chi connectivity index (χ0n) is 9.65. The van der Waals surface area contributed by atoms with Crippen molar-refractivity contribution >= 4 is 0 Å². The lowest BCUT2D eigenvalue weighted by atomic mass is 10.2. The Kier molecular flexibility index (Phi) is 2.58. The van der Waals surface area contributed by atoms with Crippen molar-refractivity contribution in [3.05, 3.63) is 29.8 Å². The molecule has 2 aliphatic rings. The van der Waals surface area contributed by atoms with Crippen LogP contribution in [0.5, 0.6) is 5.75 Å². The number of fused-ring (bicyclic) bond motifs is 2. The molecule has 0 amide bonds. The van der Waals surface area contributed by atoms with Crippen LogP contribution in [0.1, 0.15) is 12.0 Å². The SMILES string of the molecule is COc1ccc(CN2CC3CC2CN3)cc1. The number of piperazine rings is 1. The normalized spacial score (nSPS) is 28.6. The first kappa shape index (κ1) is 10.1. The van der Waals surface area contributed by atoms with Gasteiger partial charge in [-0.2, -0.15) is 0 Å². The Balaban J connectivity index is 1.65. The highest BCUT2D eigenvalue weighted by Crippen LogP contribution is 2.25. The first-order chi connectivity index (χ1) is 7.85. The summed E-state index contributed by atoms with van der Waals surface area (Å²) in [7, 11) is 1.71. The van der Waals surface area contributed by atoms with Crippen molar-refractivity contribution in [1.82, 2.24) is 10.2 Å². The molecule has 3 heteroatoms. The number of hydrogen-bond acceptors (Lipinski definition) is 3. The predicted molar refractivity (Wildman–Crippen MR) is 63.6 cm³/mol. The molecular weight excluding hydrogens is 200 g/mol. The molecule has 2 heterocycles. The molecule has 3 rings (SSSR count). The fourth-order valence-electron chi connectivity index (χ4n) is 2.81. The van der Waals surface area contributed by atoms with E-state index in [0.29, 0.717) is 0 Å². The standard InChI is InChI=1S/C13H18N2O/c1-16-13-4-2-10(3-5-13)8-15-9-11-6-12(15)7-14-11/h2-5,11-12,14H,6-9H2,1H3. The topological polar surface area (TPSA) is 24.5 Å². The minimum absolute atomic E-state index is 0.739. The number of hydrogen-bond donors (Lipinski definition) is 1. The quantitative estimate of drug-likeness (QED) is 0.826. The van der Waals surface area contributed by atoms with Crippen LogP contribution in [0.15, 0.2) is 24.3 Å². The summed E-state index contributed by atoms with van der Waals surface area (Å²) >= 11 is 0. The summed E-state index contributed by atoms with van der Waals surface area (Å²) in [6, 6.07) is 9.91. The van der Waals surface area contributed by atoms with Gasteiger partial charge in [0, 0.05) is 31.7 Å². The second kappa shape index (κ2) is 4.07. The molecule has 0 saturated carbocycles. The van der Waals surface area contributed by atoms with Crippen LogP contribution >= 0.6 is 0 Å². The molecule has 2 saturated heterocycles. The first-order valence-electron chi connectivity index (χ1n) is 5.95. The highest BCUT2D eigenvalue weighted by molar-refractivity contribution is 5.27. The Hall–Kier alpha value is -1.06. The summed E-state index contributed by atoms with van der Waals surface area (Å²) in [5.41, 5.74) is 1.38. The maximum atomic E-state index is 5.16. The number of methoxy groups -OCH3 is 1. The molecule has 2 aliphatic heterocycles. The summed E-state index contributed by atoms with van der Waals surface area (Å²) < 4.78 is 5.16. The smallest absolute Gasteiger partial charge is 0.118 e. The molecule has 2 fully saturated rings. The number of ether oxygens (including phenoxy) is 1. The molecule has 0 radical (unpaired) electrons. The van der Waals surface area contributed by atoms with Crippen LogP contribution < -0.4 is 10.1 Å². The van der Waals surface area contributed by atoms with Gasteiger partial charge in [-0.15, -0.1) is 0 Å². The van der Waals surface area contributed by atoms with E-state index in [1.165, 1.54) is 25.1 Å². The molecule has 2 unspecified atom stereocenters. The van der Waals surface area contributed by atoms with Gasteiger partial charge in [0.15, 0.2) is 0 Å². The molecule has 1 aromatic carbocycles. The fraction of sp³-hybridized carbons (Fsp3) is 0.538. The molecule has 86 valence electrons. The third-order valence-corrected chi connectivity index (χ3v) is 3.71. The molecule has 1 aromatic rings. The van der Waals surface area contributed by atoms with Crippen LogP contribution in [0, 0.1) is 0 Å². The zero-order chi connectivity index (χ0) is 11.0. The van der Waals surface area contributed by atoms with Crippen molar-refractivity contribution in [2.24, 2.45) is 0 Å². The van der Waals surface area contributed by atoms with E-state index in [4.69, 9.17) is 4.74 Å². The molecule has 16 heavy (non-hydrogen) atoms. The number of benzene rings is 1. The van der Waals surface area contributed by atoms with E-state index < -0.39 is 0 Å². The van der Waals surface area contributed by atoms with Gasteiger partial charge in [-0.3, -0.25) is 4.90 Å². The highest BCUT2D eigenvalue weighted by atomic mass is 16.5. The second-order valence-corrected chi connectivity index (χ2v) is 4.77. The van der Waals surface area contributed by atoms with E-state index in [0.717, 1.165) is 24.4 Å². The Labute approximate surface area is 96.4 Å². The fourth-order valence-corrected chi connectivity index (χ4v) is 2.81. The molecule has 2 atom stereocenters. The Morgan fingerprint density at radius 1 is 1.38 bits per heavy atom. The lowest BCUT2D eigenvalue weighted by Crippen LogP contribution is -2.42. The van der Waals surface area contributed by atoms with Crippen molar-refractivity contribution < 1.29 is 4.74 Å². The monoisotopic (exact) mass is 218 g/mol. The molecule has 3 nitrogen and oxygen atoms in total. The van der Waals surface area contributed by atoms with Gasteiger partial charge in [0.25, 0.3) is 0 Å². The summed E-state index contributed by atoms with van der Waals surface area (Å²) in [5, 5.41) is 3.53. The highest BCUT2D eigenvalue weighted by Gasteiger charge is 2.37. The lowest BCUT2D eigenvalue weighted by molar-refractivity contribution is 0.218. The van der Waals surface area contributed by atoms with Crippen molar-refractivity contribution in [3.63, 3.8) is 0 Å². The van der Waals surface area contributed by atoms with Gasteiger partial charge in [-0.05, 0) is 24.1 Å².